The van der Waals surface area contributed by atoms with Gasteiger partial charge in [0.15, 0.2) is 0 Å². The molecule has 0 radical (unpaired) electrons. The van der Waals surface area contributed by atoms with Gasteiger partial charge in [-0.1, -0.05) is 19.1 Å². The highest BCUT2D eigenvalue weighted by Gasteiger charge is 2.28. The molecule has 1 aromatic rings. The Hall–Kier alpha value is -1.79. The van der Waals surface area contributed by atoms with Crippen molar-refractivity contribution in [3.8, 4) is 5.75 Å². The maximum absolute atomic E-state index is 12.4. The van der Waals surface area contributed by atoms with Crippen LogP contribution in [-0.2, 0) is 16.0 Å². The molecule has 2 rings (SSSR count). The average molecular weight is 370 g/mol. The van der Waals surface area contributed by atoms with E-state index >= 15 is 0 Å². The predicted molar refractivity (Wildman–Crippen MR) is 99.9 cm³/mol. The van der Waals surface area contributed by atoms with Crippen LogP contribution in [0.25, 0.3) is 0 Å². The van der Waals surface area contributed by atoms with Crippen molar-refractivity contribution in [3.05, 3.63) is 29.8 Å². The molecule has 0 aromatic heterocycles. The van der Waals surface area contributed by atoms with Gasteiger partial charge in [0.25, 0.3) is 0 Å². The molecule has 0 aliphatic carbocycles. The van der Waals surface area contributed by atoms with Gasteiger partial charge in [-0.25, -0.2) is 0 Å². The summed E-state index contributed by atoms with van der Waals surface area (Å²) in [5, 5.41) is 0. The van der Waals surface area contributed by atoms with E-state index in [0.29, 0.717) is 32.6 Å². The van der Waals surface area contributed by atoms with E-state index in [-0.39, 0.29) is 36.2 Å². The maximum Gasteiger partial charge on any atom is 0.227 e. The lowest BCUT2D eigenvalue weighted by molar-refractivity contribution is -0.141. The summed E-state index contributed by atoms with van der Waals surface area (Å²) in [6.45, 7) is 5.98. The Balaban J connectivity index is 0.00000312. The van der Waals surface area contributed by atoms with Crippen molar-refractivity contribution in [1.82, 2.24) is 9.80 Å². The van der Waals surface area contributed by atoms with Crippen molar-refractivity contribution >= 4 is 24.2 Å². The molecular formula is C18H28ClN3O3. The monoisotopic (exact) mass is 369 g/mol. The van der Waals surface area contributed by atoms with Gasteiger partial charge >= 0.3 is 0 Å². The smallest absolute Gasteiger partial charge is 0.227 e. The Labute approximate surface area is 155 Å². The number of nitrogens with zero attached hydrogens (tertiary/aromatic N) is 2. The highest BCUT2D eigenvalue weighted by molar-refractivity contribution is 5.85. The quantitative estimate of drug-likeness (QED) is 0.849. The first-order chi connectivity index (χ1) is 11.4. The van der Waals surface area contributed by atoms with Crippen LogP contribution in [-0.4, -0.2) is 60.9 Å². The van der Waals surface area contributed by atoms with E-state index in [0.717, 1.165) is 11.3 Å². The second-order valence-corrected chi connectivity index (χ2v) is 6.38. The van der Waals surface area contributed by atoms with Gasteiger partial charge in [0, 0.05) is 32.2 Å². The lowest BCUT2D eigenvalue weighted by atomic mass is 10.0. The minimum absolute atomic E-state index is 0. The van der Waals surface area contributed by atoms with Crippen molar-refractivity contribution < 1.29 is 14.3 Å². The Morgan fingerprint density at radius 3 is 2.32 bits per heavy atom. The average Bonchev–Trinajstić information content (AvgIpc) is 2.60. The molecule has 7 heteroatoms. The van der Waals surface area contributed by atoms with Gasteiger partial charge < -0.3 is 20.3 Å². The Kier molecular flexibility index (Phi) is 8.19. The first-order valence-electron chi connectivity index (χ1n) is 8.37. The number of rotatable bonds is 5. The van der Waals surface area contributed by atoms with Crippen LogP contribution in [0.3, 0.4) is 0 Å². The topological polar surface area (TPSA) is 75.9 Å². The van der Waals surface area contributed by atoms with Crippen molar-refractivity contribution in [1.29, 1.82) is 0 Å². The summed E-state index contributed by atoms with van der Waals surface area (Å²) in [4.78, 5) is 28.4. The molecule has 2 unspecified atom stereocenters. The summed E-state index contributed by atoms with van der Waals surface area (Å²) in [7, 11) is 1.61. The van der Waals surface area contributed by atoms with E-state index in [1.807, 2.05) is 47.9 Å². The summed E-state index contributed by atoms with van der Waals surface area (Å²) in [6.07, 6.45) is 0.349. The zero-order valence-corrected chi connectivity index (χ0v) is 15.9. The third-order valence-corrected chi connectivity index (χ3v) is 4.61. The number of amides is 2. The number of benzene rings is 1. The summed E-state index contributed by atoms with van der Waals surface area (Å²) in [6, 6.07) is 7.38. The Bertz CT molecular complexity index is 587. The number of halogens is 1. The van der Waals surface area contributed by atoms with Crippen LogP contribution in [0.5, 0.6) is 5.75 Å². The molecule has 0 saturated carbocycles. The number of piperazine rings is 1. The van der Waals surface area contributed by atoms with E-state index < -0.39 is 0 Å². The Morgan fingerprint density at radius 2 is 1.76 bits per heavy atom. The molecule has 1 aliphatic rings. The summed E-state index contributed by atoms with van der Waals surface area (Å²) in [5.41, 5.74) is 6.74. The van der Waals surface area contributed by atoms with Crippen molar-refractivity contribution in [2.75, 3.05) is 33.3 Å². The van der Waals surface area contributed by atoms with Crippen molar-refractivity contribution in [2.24, 2.45) is 11.7 Å². The third-order valence-electron chi connectivity index (χ3n) is 4.61. The maximum atomic E-state index is 12.4. The van der Waals surface area contributed by atoms with Crippen LogP contribution in [0.4, 0.5) is 0 Å². The molecule has 140 valence electrons. The second kappa shape index (κ2) is 9.63. The number of hydrogen-bond donors (Lipinski definition) is 1. The van der Waals surface area contributed by atoms with Crippen LogP contribution < -0.4 is 10.5 Å². The summed E-state index contributed by atoms with van der Waals surface area (Å²) >= 11 is 0. The van der Waals surface area contributed by atoms with E-state index in [1.54, 1.807) is 7.11 Å². The molecule has 2 amide bonds. The first-order valence-corrected chi connectivity index (χ1v) is 8.37. The Morgan fingerprint density at radius 1 is 1.16 bits per heavy atom. The van der Waals surface area contributed by atoms with Gasteiger partial charge in [-0.15, -0.1) is 12.4 Å². The van der Waals surface area contributed by atoms with Gasteiger partial charge in [-0.2, -0.15) is 0 Å². The molecule has 1 fully saturated rings. The molecule has 1 aromatic carbocycles. The first kappa shape index (κ1) is 21.3. The lowest BCUT2D eigenvalue weighted by Gasteiger charge is -2.36. The molecule has 2 atom stereocenters. The van der Waals surface area contributed by atoms with E-state index in [2.05, 4.69) is 0 Å². The van der Waals surface area contributed by atoms with Crippen LogP contribution in [0.1, 0.15) is 19.4 Å². The van der Waals surface area contributed by atoms with Crippen molar-refractivity contribution in [2.45, 2.75) is 26.3 Å². The summed E-state index contributed by atoms with van der Waals surface area (Å²) < 4.78 is 5.18. The number of carbonyl (C=O) groups excluding carboxylic acids is 2. The molecule has 0 spiro atoms. The predicted octanol–water partition coefficient (Wildman–Crippen LogP) is 1.31. The number of nitrogens with two attached hydrogens (primary N) is 1. The van der Waals surface area contributed by atoms with Gasteiger partial charge in [0.05, 0.1) is 19.4 Å². The molecular weight excluding hydrogens is 342 g/mol. The zero-order chi connectivity index (χ0) is 17.7. The van der Waals surface area contributed by atoms with Crippen LogP contribution in [0, 0.1) is 5.92 Å². The second-order valence-electron chi connectivity index (χ2n) is 6.38. The minimum Gasteiger partial charge on any atom is -0.497 e. The fourth-order valence-electron chi connectivity index (χ4n) is 2.76. The third kappa shape index (κ3) is 5.61. The standard InChI is InChI=1S/C18H27N3O3.ClH/c1-13(14(2)19)18(23)21-9-7-20(8-10-21)17(22)12-15-5-4-6-16(11-15)24-3;/h4-6,11,13-14H,7-10,12,19H2,1-3H3;1H. The van der Waals surface area contributed by atoms with Gasteiger partial charge in [-0.3, -0.25) is 9.59 Å². The molecule has 1 heterocycles. The van der Waals surface area contributed by atoms with Gasteiger partial charge in [0.2, 0.25) is 11.8 Å². The highest BCUT2D eigenvalue weighted by Crippen LogP contribution is 2.15. The number of hydrogen-bond acceptors (Lipinski definition) is 4. The number of methoxy groups -OCH3 is 1. The minimum atomic E-state index is -0.191. The fourth-order valence-corrected chi connectivity index (χ4v) is 2.76. The SMILES string of the molecule is COc1cccc(CC(=O)N2CCN(C(=O)C(C)C(C)N)CC2)c1.Cl. The van der Waals surface area contributed by atoms with Crippen LogP contribution in [0.2, 0.25) is 0 Å². The molecule has 2 N–H and O–H groups in total. The molecule has 1 aliphatic heterocycles. The van der Waals surface area contributed by atoms with Gasteiger partial charge in [-0.05, 0) is 24.6 Å². The largest absolute Gasteiger partial charge is 0.497 e. The van der Waals surface area contributed by atoms with E-state index in [4.69, 9.17) is 10.5 Å². The normalized spacial score (nSPS) is 16.6. The fraction of sp³-hybridized carbons (Fsp3) is 0.556. The molecule has 1 saturated heterocycles. The zero-order valence-electron chi connectivity index (χ0n) is 15.1. The number of ether oxygens (including phenoxy) is 1. The van der Waals surface area contributed by atoms with Crippen molar-refractivity contribution in [3.63, 3.8) is 0 Å². The van der Waals surface area contributed by atoms with Crippen LogP contribution in [0.15, 0.2) is 24.3 Å². The summed E-state index contributed by atoms with van der Waals surface area (Å²) in [5.74, 6) is 0.713. The molecule has 25 heavy (non-hydrogen) atoms. The number of carbonyl (C=O) groups is 2. The van der Waals surface area contributed by atoms with E-state index in [9.17, 15) is 9.59 Å². The van der Waals surface area contributed by atoms with E-state index in [1.165, 1.54) is 0 Å². The molecule has 6 nitrogen and oxygen atoms in total. The lowest BCUT2D eigenvalue weighted by Crippen LogP contribution is -2.53. The molecule has 0 bridgehead atoms. The van der Waals surface area contributed by atoms with Gasteiger partial charge in [0.1, 0.15) is 5.75 Å². The van der Waals surface area contributed by atoms with Crippen LogP contribution >= 0.6 is 12.4 Å². The highest BCUT2D eigenvalue weighted by atomic mass is 35.5.